The largest absolute Gasteiger partial charge is 0.457 e. The average molecular weight is 530 g/mol. The van der Waals surface area contributed by atoms with Crippen molar-refractivity contribution in [1.82, 2.24) is 15.6 Å². The summed E-state index contributed by atoms with van der Waals surface area (Å²) in [5.74, 6) is 0.352. The van der Waals surface area contributed by atoms with Crippen LogP contribution in [0.25, 0.3) is 0 Å². The Bertz CT molecular complexity index is 966. The van der Waals surface area contributed by atoms with Crippen LogP contribution in [-0.2, 0) is 24.4 Å². The molecule has 0 aliphatic carbocycles. The quantitative estimate of drug-likeness (QED) is 0.197. The second-order valence-corrected chi connectivity index (χ2v) is 6.63. The maximum absolute atomic E-state index is 12.4. The molecule has 0 amide bonds. The molecule has 31 heavy (non-hydrogen) atoms. The van der Waals surface area contributed by atoms with E-state index in [1.54, 1.807) is 12.3 Å². The molecule has 0 bridgehead atoms. The van der Waals surface area contributed by atoms with Crippen molar-refractivity contribution in [3.05, 3.63) is 101 Å². The number of nitrogens with zero attached hydrogens (tertiary/aromatic N) is 2. The number of pyridine rings is 1. The molecule has 2 N–H and O–H groups in total. The van der Waals surface area contributed by atoms with Crippen LogP contribution in [0.1, 0.15) is 34.1 Å². The van der Waals surface area contributed by atoms with E-state index in [2.05, 4.69) is 20.6 Å². The predicted molar refractivity (Wildman–Crippen MR) is 133 cm³/mol. The van der Waals surface area contributed by atoms with Crippen molar-refractivity contribution in [3.63, 3.8) is 0 Å². The summed E-state index contributed by atoms with van der Waals surface area (Å²) >= 11 is 0. The van der Waals surface area contributed by atoms with Crippen LogP contribution in [0.15, 0.2) is 84.0 Å². The lowest BCUT2D eigenvalue weighted by Gasteiger charge is -2.11. The molecule has 6 nitrogen and oxygen atoms in total. The number of ether oxygens (including phenoxy) is 1. The minimum absolute atomic E-state index is 0. The van der Waals surface area contributed by atoms with Gasteiger partial charge in [-0.15, -0.1) is 24.0 Å². The van der Waals surface area contributed by atoms with Gasteiger partial charge in [0.15, 0.2) is 5.96 Å². The second-order valence-electron chi connectivity index (χ2n) is 6.63. The lowest BCUT2D eigenvalue weighted by Crippen LogP contribution is -2.37. The molecule has 0 radical (unpaired) electrons. The van der Waals surface area contributed by atoms with Crippen molar-refractivity contribution < 1.29 is 9.53 Å². The highest BCUT2D eigenvalue weighted by atomic mass is 127. The molecule has 7 heteroatoms. The van der Waals surface area contributed by atoms with Gasteiger partial charge in [-0.2, -0.15) is 0 Å². The molecular formula is C24H27IN4O2. The van der Waals surface area contributed by atoms with Gasteiger partial charge in [-0.25, -0.2) is 9.79 Å². The molecule has 1 heterocycles. The van der Waals surface area contributed by atoms with Crippen LogP contribution in [0, 0.1) is 0 Å². The third-order valence-corrected chi connectivity index (χ3v) is 4.30. The summed E-state index contributed by atoms with van der Waals surface area (Å²) in [4.78, 5) is 21.3. The summed E-state index contributed by atoms with van der Waals surface area (Å²) in [5.41, 5.74) is 3.34. The highest BCUT2D eigenvalue weighted by Crippen LogP contribution is 2.10. The highest BCUT2D eigenvalue weighted by Gasteiger charge is 2.08. The first-order valence-corrected chi connectivity index (χ1v) is 9.96. The van der Waals surface area contributed by atoms with E-state index >= 15 is 0 Å². The first-order chi connectivity index (χ1) is 14.7. The van der Waals surface area contributed by atoms with Gasteiger partial charge in [-0.3, -0.25) is 4.98 Å². The van der Waals surface area contributed by atoms with E-state index < -0.39 is 0 Å². The Labute approximate surface area is 200 Å². The number of carbonyl (C=O) groups is 1. The highest BCUT2D eigenvalue weighted by molar-refractivity contribution is 14.0. The molecule has 2 aromatic carbocycles. The molecule has 3 rings (SSSR count). The number of aliphatic imine (C=N–C) groups is 1. The number of esters is 1. The number of rotatable bonds is 8. The summed E-state index contributed by atoms with van der Waals surface area (Å²) in [6.45, 7) is 4.04. The maximum atomic E-state index is 12.4. The molecule has 162 valence electrons. The number of nitrogens with one attached hydrogen (secondary N) is 2. The Morgan fingerprint density at radius 1 is 0.968 bits per heavy atom. The zero-order valence-corrected chi connectivity index (χ0v) is 19.8. The zero-order valence-electron chi connectivity index (χ0n) is 17.5. The van der Waals surface area contributed by atoms with E-state index in [0.717, 1.165) is 23.4 Å². The molecule has 0 fully saturated rings. The third kappa shape index (κ3) is 8.37. The number of hydrogen-bond donors (Lipinski definition) is 2. The van der Waals surface area contributed by atoms with Crippen LogP contribution >= 0.6 is 24.0 Å². The molecule has 0 spiro atoms. The van der Waals surface area contributed by atoms with E-state index in [4.69, 9.17) is 4.74 Å². The zero-order chi connectivity index (χ0) is 21.0. The molecule has 0 aliphatic heterocycles. The molecule has 0 unspecified atom stereocenters. The number of hydrogen-bond acceptors (Lipinski definition) is 4. The number of carbonyl (C=O) groups excluding carboxylic acids is 1. The van der Waals surface area contributed by atoms with E-state index in [1.807, 2.05) is 73.7 Å². The Morgan fingerprint density at radius 3 is 2.48 bits per heavy atom. The summed E-state index contributed by atoms with van der Waals surface area (Å²) in [7, 11) is 0. The molecule has 0 aliphatic rings. The van der Waals surface area contributed by atoms with E-state index in [-0.39, 0.29) is 36.6 Å². The second kappa shape index (κ2) is 13.4. The van der Waals surface area contributed by atoms with E-state index in [0.29, 0.717) is 24.6 Å². The number of benzene rings is 2. The summed E-state index contributed by atoms with van der Waals surface area (Å²) in [6.07, 6.45) is 1.77. The van der Waals surface area contributed by atoms with Gasteiger partial charge in [0.05, 0.1) is 24.3 Å². The first-order valence-electron chi connectivity index (χ1n) is 9.96. The van der Waals surface area contributed by atoms with Crippen LogP contribution < -0.4 is 10.6 Å². The number of guanidine groups is 1. The summed E-state index contributed by atoms with van der Waals surface area (Å²) < 4.78 is 5.41. The lowest BCUT2D eigenvalue weighted by atomic mass is 10.1. The standard InChI is InChI=1S/C24H26N4O2.HI/c1-2-25-24(28-17-22-13-6-7-14-26-22)27-16-20-11-8-12-21(15-20)23(29)30-18-19-9-4-3-5-10-19;/h3-15H,2,16-18H2,1H3,(H2,25,27,28);1H. The van der Waals surface area contributed by atoms with E-state index in [9.17, 15) is 4.79 Å². The van der Waals surface area contributed by atoms with Crippen molar-refractivity contribution in [2.24, 2.45) is 4.99 Å². The Balaban J connectivity index is 0.00000341. The van der Waals surface area contributed by atoms with Gasteiger partial charge in [-0.05, 0) is 42.3 Å². The fourth-order valence-corrected chi connectivity index (χ4v) is 2.79. The molecule has 0 atom stereocenters. The fourth-order valence-electron chi connectivity index (χ4n) is 2.79. The monoisotopic (exact) mass is 530 g/mol. The van der Waals surface area contributed by atoms with Gasteiger partial charge >= 0.3 is 5.97 Å². The lowest BCUT2D eigenvalue weighted by molar-refractivity contribution is 0.0472. The Hall–Kier alpha value is -2.94. The smallest absolute Gasteiger partial charge is 0.338 e. The van der Waals surface area contributed by atoms with Crippen molar-refractivity contribution in [2.75, 3.05) is 6.54 Å². The van der Waals surface area contributed by atoms with Crippen LogP contribution in [0.5, 0.6) is 0 Å². The SMILES string of the molecule is CCNC(=NCc1cccc(C(=O)OCc2ccccc2)c1)NCc1ccccn1.I. The summed E-state index contributed by atoms with van der Waals surface area (Å²) in [6, 6.07) is 22.8. The average Bonchev–Trinajstić information content (AvgIpc) is 2.81. The number of halogens is 1. The molecule has 3 aromatic rings. The van der Waals surface area contributed by atoms with Crippen molar-refractivity contribution in [2.45, 2.75) is 26.6 Å². The van der Waals surface area contributed by atoms with Gasteiger partial charge in [-0.1, -0.05) is 48.5 Å². The van der Waals surface area contributed by atoms with E-state index in [1.165, 1.54) is 0 Å². The van der Waals surface area contributed by atoms with Crippen LogP contribution in [0.4, 0.5) is 0 Å². The normalized spacial score (nSPS) is 10.7. The maximum Gasteiger partial charge on any atom is 0.338 e. The van der Waals surface area contributed by atoms with Crippen molar-refractivity contribution >= 4 is 35.9 Å². The topological polar surface area (TPSA) is 75.6 Å². The molecule has 1 aromatic heterocycles. The fraction of sp³-hybridized carbons (Fsp3) is 0.208. The van der Waals surface area contributed by atoms with Gasteiger partial charge in [0, 0.05) is 12.7 Å². The van der Waals surface area contributed by atoms with Gasteiger partial charge in [0.1, 0.15) is 6.61 Å². The van der Waals surface area contributed by atoms with Crippen LogP contribution in [-0.4, -0.2) is 23.5 Å². The predicted octanol–water partition coefficient (Wildman–Crippen LogP) is 4.31. The van der Waals surface area contributed by atoms with Crippen molar-refractivity contribution in [3.8, 4) is 0 Å². The van der Waals surface area contributed by atoms with Crippen LogP contribution in [0.3, 0.4) is 0 Å². The first kappa shape index (κ1) is 24.3. The minimum atomic E-state index is -0.343. The molecule has 0 saturated carbocycles. The molecule has 0 saturated heterocycles. The summed E-state index contributed by atoms with van der Waals surface area (Å²) in [5, 5.41) is 6.49. The number of aromatic nitrogens is 1. The Morgan fingerprint density at radius 2 is 1.74 bits per heavy atom. The third-order valence-electron chi connectivity index (χ3n) is 4.30. The molecular weight excluding hydrogens is 503 g/mol. The minimum Gasteiger partial charge on any atom is -0.457 e. The van der Waals surface area contributed by atoms with Gasteiger partial charge in [0.25, 0.3) is 0 Å². The van der Waals surface area contributed by atoms with Gasteiger partial charge < -0.3 is 15.4 Å². The van der Waals surface area contributed by atoms with Gasteiger partial charge in [0.2, 0.25) is 0 Å². The van der Waals surface area contributed by atoms with Crippen molar-refractivity contribution in [1.29, 1.82) is 0 Å². The van der Waals surface area contributed by atoms with Crippen LogP contribution in [0.2, 0.25) is 0 Å². The Kier molecular flexibility index (Phi) is 10.5.